The van der Waals surface area contributed by atoms with Gasteiger partial charge in [0.05, 0.1) is 34.3 Å². The van der Waals surface area contributed by atoms with Crippen molar-refractivity contribution in [3.63, 3.8) is 0 Å². The topological polar surface area (TPSA) is 81.2 Å². The molecular formula is C23H18F6N4O2S. The molecule has 3 aromatic rings. The second-order valence-corrected chi connectivity index (χ2v) is 9.25. The van der Waals surface area contributed by atoms with Gasteiger partial charge in [-0.15, -0.1) is 0 Å². The van der Waals surface area contributed by atoms with E-state index in [0.717, 1.165) is 22.7 Å². The van der Waals surface area contributed by atoms with Crippen molar-refractivity contribution in [2.24, 2.45) is 5.73 Å². The summed E-state index contributed by atoms with van der Waals surface area (Å²) < 4.78 is 80.5. The largest absolute Gasteiger partial charge is 0.416 e. The molecule has 0 unspecified atom stereocenters. The van der Waals surface area contributed by atoms with Crippen molar-refractivity contribution < 1.29 is 35.9 Å². The van der Waals surface area contributed by atoms with Crippen molar-refractivity contribution in [2.75, 3.05) is 6.54 Å². The molecule has 190 valence electrons. The predicted octanol–water partition coefficient (Wildman–Crippen LogP) is 5.51. The third kappa shape index (κ3) is 5.26. The number of alkyl halides is 6. The van der Waals surface area contributed by atoms with Gasteiger partial charge in [-0.1, -0.05) is 12.1 Å². The number of nitrogens with two attached hydrogens (primary N) is 1. The van der Waals surface area contributed by atoms with Gasteiger partial charge in [0.1, 0.15) is 0 Å². The third-order valence-corrected chi connectivity index (χ3v) is 6.28. The molecule has 1 saturated heterocycles. The molecule has 1 aliphatic rings. The number of hydrogen-bond acceptors (Lipinski definition) is 5. The molecule has 0 saturated carbocycles. The van der Waals surface area contributed by atoms with Crippen molar-refractivity contribution in [2.45, 2.75) is 31.9 Å². The maximum Gasteiger partial charge on any atom is 0.416 e. The molecule has 1 fully saturated rings. The summed E-state index contributed by atoms with van der Waals surface area (Å²) in [5, 5.41) is 4.18. The van der Waals surface area contributed by atoms with Crippen LogP contribution in [0.3, 0.4) is 0 Å². The second kappa shape index (κ2) is 9.28. The number of amides is 2. The molecule has 6 nitrogen and oxygen atoms in total. The lowest BCUT2D eigenvalue weighted by Crippen LogP contribution is -2.38. The fourth-order valence-electron chi connectivity index (χ4n) is 3.73. The van der Waals surface area contributed by atoms with Gasteiger partial charge in [-0.2, -0.15) is 31.4 Å². The minimum atomic E-state index is -4.99. The summed E-state index contributed by atoms with van der Waals surface area (Å²) in [6.07, 6.45) is -6.99. The summed E-state index contributed by atoms with van der Waals surface area (Å²) in [7, 11) is 0. The molecular weight excluding hydrogens is 510 g/mol. The SMILES string of the molecule is C[C@H](N)CN1C(=O)SC(=Cc2ccc3c(cnn3Cc3ccc(C(F)(F)F)cc3C(F)(F)F)c2)C1=O. The van der Waals surface area contributed by atoms with Crippen LogP contribution in [0.2, 0.25) is 0 Å². The Morgan fingerprint density at radius 3 is 2.42 bits per heavy atom. The highest BCUT2D eigenvalue weighted by Gasteiger charge is 2.38. The van der Waals surface area contributed by atoms with Crippen LogP contribution in [-0.4, -0.2) is 38.4 Å². The average Bonchev–Trinajstić information content (AvgIpc) is 3.27. The molecule has 0 aliphatic carbocycles. The average molecular weight is 528 g/mol. The fraction of sp³-hybridized carbons (Fsp3) is 0.261. The number of carbonyl (C=O) groups is 2. The predicted molar refractivity (Wildman–Crippen MR) is 122 cm³/mol. The summed E-state index contributed by atoms with van der Waals surface area (Å²) in [6.45, 7) is 1.34. The fourth-order valence-corrected chi connectivity index (χ4v) is 4.58. The first-order chi connectivity index (χ1) is 16.7. The van der Waals surface area contributed by atoms with Crippen molar-refractivity contribution >= 4 is 39.9 Å². The molecule has 1 aliphatic heterocycles. The highest BCUT2D eigenvalue weighted by Crippen LogP contribution is 2.38. The van der Waals surface area contributed by atoms with E-state index in [4.69, 9.17) is 5.73 Å². The number of rotatable bonds is 5. The molecule has 0 bridgehead atoms. The quantitative estimate of drug-likeness (QED) is 0.349. The summed E-state index contributed by atoms with van der Waals surface area (Å²) in [5.41, 5.74) is 3.52. The zero-order valence-corrected chi connectivity index (χ0v) is 19.3. The minimum absolute atomic E-state index is 0.0810. The molecule has 36 heavy (non-hydrogen) atoms. The van der Waals surface area contributed by atoms with Gasteiger partial charge in [-0.05, 0) is 60.2 Å². The monoisotopic (exact) mass is 528 g/mol. The Bertz CT molecular complexity index is 1380. The van der Waals surface area contributed by atoms with Crippen molar-refractivity contribution in [1.29, 1.82) is 0 Å². The summed E-state index contributed by atoms with van der Waals surface area (Å²) in [4.78, 5) is 25.9. The molecule has 2 aromatic carbocycles. The molecule has 0 radical (unpaired) electrons. The van der Waals surface area contributed by atoms with Crippen LogP contribution in [0, 0.1) is 0 Å². The van der Waals surface area contributed by atoms with Gasteiger partial charge in [0.15, 0.2) is 0 Å². The number of fused-ring (bicyclic) bond motifs is 1. The minimum Gasteiger partial charge on any atom is -0.326 e. The van der Waals surface area contributed by atoms with Crippen LogP contribution in [0.1, 0.15) is 29.2 Å². The summed E-state index contributed by atoms with van der Waals surface area (Å²) in [6, 6.07) is 5.91. The Balaban J connectivity index is 1.63. The number of nitrogens with zero attached hydrogens (tertiary/aromatic N) is 3. The lowest BCUT2D eigenvalue weighted by atomic mass is 10.0. The van der Waals surface area contributed by atoms with Crippen molar-refractivity contribution in [3.05, 3.63) is 69.8 Å². The maximum atomic E-state index is 13.5. The second-order valence-electron chi connectivity index (χ2n) is 8.26. The highest BCUT2D eigenvalue weighted by atomic mass is 32.2. The first-order valence-corrected chi connectivity index (χ1v) is 11.3. The molecule has 13 heteroatoms. The molecule has 2 heterocycles. The Morgan fingerprint density at radius 1 is 1.06 bits per heavy atom. The highest BCUT2D eigenvalue weighted by molar-refractivity contribution is 8.18. The lowest BCUT2D eigenvalue weighted by molar-refractivity contribution is -0.143. The van der Waals surface area contributed by atoms with E-state index in [9.17, 15) is 35.9 Å². The first kappa shape index (κ1) is 25.8. The van der Waals surface area contributed by atoms with Crippen LogP contribution in [0.25, 0.3) is 17.0 Å². The first-order valence-electron chi connectivity index (χ1n) is 10.5. The summed E-state index contributed by atoms with van der Waals surface area (Å²) >= 11 is 0.773. The van der Waals surface area contributed by atoms with Crippen LogP contribution >= 0.6 is 11.8 Å². The van der Waals surface area contributed by atoms with Crippen LogP contribution < -0.4 is 5.73 Å². The number of thioether (sulfide) groups is 1. The van der Waals surface area contributed by atoms with E-state index < -0.39 is 41.2 Å². The van der Waals surface area contributed by atoms with Crippen LogP contribution in [0.15, 0.2) is 47.5 Å². The Labute approximate surface area is 204 Å². The molecule has 0 spiro atoms. The van der Waals surface area contributed by atoms with Gasteiger partial charge < -0.3 is 5.73 Å². The lowest BCUT2D eigenvalue weighted by Gasteiger charge is -2.16. The molecule has 2 amide bonds. The number of carbonyl (C=O) groups excluding carboxylic acids is 2. The zero-order chi connectivity index (χ0) is 26.4. The van der Waals surface area contributed by atoms with Crippen molar-refractivity contribution in [3.8, 4) is 0 Å². The number of imide groups is 1. The van der Waals surface area contributed by atoms with Crippen molar-refractivity contribution in [1.82, 2.24) is 14.7 Å². The van der Waals surface area contributed by atoms with Crippen LogP contribution in [0.4, 0.5) is 31.1 Å². The van der Waals surface area contributed by atoms with Crippen LogP contribution in [0.5, 0.6) is 0 Å². The Kier molecular flexibility index (Phi) is 6.64. The molecule has 1 atom stereocenters. The van der Waals surface area contributed by atoms with Gasteiger partial charge in [-0.25, -0.2) is 0 Å². The molecule has 2 N–H and O–H groups in total. The normalized spacial score (nSPS) is 17.0. The standard InChI is InChI=1S/C23H18F6N4O2S/c1-12(30)10-32-20(34)19(36-21(32)35)7-13-2-5-18-15(6-13)9-31-33(18)11-14-3-4-16(22(24,25)26)8-17(14)23(27,28)29/h2-9,12H,10-11,30H2,1H3/t12-/m0/s1. The van der Waals surface area contributed by atoms with E-state index in [2.05, 4.69) is 5.10 Å². The number of hydrogen-bond donors (Lipinski definition) is 1. The molecule has 4 rings (SSSR count). The third-order valence-electron chi connectivity index (χ3n) is 5.37. The van der Waals surface area contributed by atoms with E-state index in [1.165, 1.54) is 17.0 Å². The van der Waals surface area contributed by atoms with Gasteiger partial charge >= 0.3 is 12.4 Å². The Hall–Kier alpha value is -3.32. The molecule has 1 aromatic heterocycles. The Morgan fingerprint density at radius 2 is 1.78 bits per heavy atom. The van der Waals surface area contributed by atoms with Gasteiger partial charge in [0, 0.05) is 18.0 Å². The van der Waals surface area contributed by atoms with Crippen LogP contribution in [-0.2, 0) is 23.7 Å². The van der Waals surface area contributed by atoms with E-state index in [1.54, 1.807) is 25.1 Å². The van der Waals surface area contributed by atoms with E-state index in [-0.39, 0.29) is 29.1 Å². The summed E-state index contributed by atoms with van der Waals surface area (Å²) in [5.74, 6) is -0.472. The number of aromatic nitrogens is 2. The van der Waals surface area contributed by atoms with E-state index in [0.29, 0.717) is 22.5 Å². The van der Waals surface area contributed by atoms with E-state index in [1.807, 2.05) is 0 Å². The smallest absolute Gasteiger partial charge is 0.326 e. The van der Waals surface area contributed by atoms with E-state index >= 15 is 0 Å². The van der Waals surface area contributed by atoms with Gasteiger partial charge in [0.25, 0.3) is 11.1 Å². The number of halogens is 6. The zero-order valence-electron chi connectivity index (χ0n) is 18.5. The van der Waals surface area contributed by atoms with Gasteiger partial charge in [-0.3, -0.25) is 19.2 Å². The van der Waals surface area contributed by atoms with Gasteiger partial charge in [0.2, 0.25) is 0 Å². The number of benzene rings is 2. The maximum absolute atomic E-state index is 13.5.